The van der Waals surface area contributed by atoms with E-state index < -0.39 is 5.41 Å². The van der Waals surface area contributed by atoms with Gasteiger partial charge in [-0.1, -0.05) is 66.2 Å². The van der Waals surface area contributed by atoms with Gasteiger partial charge in [-0.15, -0.1) is 0 Å². The van der Waals surface area contributed by atoms with Crippen LogP contribution in [0.1, 0.15) is 25.0 Å². The van der Waals surface area contributed by atoms with E-state index in [9.17, 15) is 4.79 Å². The van der Waals surface area contributed by atoms with E-state index in [2.05, 4.69) is 33.4 Å². The van der Waals surface area contributed by atoms with Gasteiger partial charge in [-0.25, -0.2) is 0 Å². The maximum atomic E-state index is 12.5. The van der Waals surface area contributed by atoms with Crippen LogP contribution in [0.3, 0.4) is 0 Å². The molecule has 0 spiro atoms. The largest absolute Gasteiger partial charge is 0.326 e. The summed E-state index contributed by atoms with van der Waals surface area (Å²) >= 11 is 3.49. The molecule has 110 valence electrons. The summed E-state index contributed by atoms with van der Waals surface area (Å²) in [6.45, 7) is 5.96. The van der Waals surface area contributed by atoms with Crippen molar-refractivity contribution in [1.29, 1.82) is 0 Å². The fraction of sp³-hybridized carbons (Fsp3) is 0.278. The average Bonchev–Trinajstić information content (AvgIpc) is 2.43. The number of hydrogen-bond donors (Lipinski definition) is 1. The second-order valence-corrected chi connectivity index (χ2v) is 6.82. The third-order valence-electron chi connectivity index (χ3n) is 3.53. The molecule has 1 N–H and O–H groups in total. The number of aryl methyl sites for hydroxylation is 1. The molecule has 0 saturated carbocycles. The lowest BCUT2D eigenvalue weighted by Crippen LogP contribution is -2.32. The predicted molar refractivity (Wildman–Crippen MR) is 91.4 cm³/mol. The Balaban J connectivity index is 2.09. The first kappa shape index (κ1) is 15.8. The Morgan fingerprint density at radius 1 is 1.14 bits per heavy atom. The fourth-order valence-corrected chi connectivity index (χ4v) is 2.54. The number of nitrogens with one attached hydrogen (secondary N) is 1. The molecule has 0 saturated heterocycles. The van der Waals surface area contributed by atoms with Crippen molar-refractivity contribution < 1.29 is 4.79 Å². The molecule has 2 aromatic rings. The zero-order valence-corrected chi connectivity index (χ0v) is 14.2. The molecule has 0 aromatic heterocycles. The summed E-state index contributed by atoms with van der Waals surface area (Å²) in [5, 5.41) is 3.00. The minimum absolute atomic E-state index is 0.0297. The van der Waals surface area contributed by atoms with Crippen molar-refractivity contribution >= 4 is 27.5 Å². The van der Waals surface area contributed by atoms with Crippen LogP contribution in [0.5, 0.6) is 0 Å². The molecule has 0 atom stereocenters. The molecule has 1 amide bonds. The number of hydrogen-bond acceptors (Lipinski definition) is 1. The van der Waals surface area contributed by atoms with Crippen molar-refractivity contribution in [3.05, 3.63) is 64.1 Å². The van der Waals surface area contributed by atoms with E-state index in [-0.39, 0.29) is 5.91 Å². The van der Waals surface area contributed by atoms with Gasteiger partial charge < -0.3 is 5.32 Å². The molecular formula is C18H20BrNO. The molecule has 0 heterocycles. The smallest absolute Gasteiger partial charge is 0.230 e. The molecule has 0 aliphatic heterocycles. The summed E-state index contributed by atoms with van der Waals surface area (Å²) in [6, 6.07) is 15.9. The average molecular weight is 346 g/mol. The first-order valence-corrected chi connectivity index (χ1v) is 7.79. The van der Waals surface area contributed by atoms with Gasteiger partial charge in [0.1, 0.15) is 0 Å². The summed E-state index contributed by atoms with van der Waals surface area (Å²) in [4.78, 5) is 12.5. The summed E-state index contributed by atoms with van der Waals surface area (Å²) < 4.78 is 1.00. The Morgan fingerprint density at radius 2 is 1.81 bits per heavy atom. The molecule has 0 unspecified atom stereocenters. The molecule has 0 bridgehead atoms. The summed E-state index contributed by atoms with van der Waals surface area (Å²) in [5.41, 5.74) is 2.68. The molecule has 2 rings (SSSR count). The van der Waals surface area contributed by atoms with Crippen LogP contribution in [0, 0.1) is 12.3 Å². The lowest BCUT2D eigenvalue weighted by Gasteiger charge is -2.24. The van der Waals surface area contributed by atoms with Crippen molar-refractivity contribution in [2.24, 2.45) is 5.41 Å². The highest BCUT2D eigenvalue weighted by molar-refractivity contribution is 9.10. The topological polar surface area (TPSA) is 29.1 Å². The van der Waals surface area contributed by atoms with Crippen LogP contribution in [0.4, 0.5) is 5.69 Å². The number of carbonyl (C=O) groups excluding carboxylic acids is 1. The highest BCUT2D eigenvalue weighted by Crippen LogP contribution is 2.26. The van der Waals surface area contributed by atoms with Gasteiger partial charge in [0, 0.05) is 15.6 Å². The first-order valence-electron chi connectivity index (χ1n) is 7.00. The molecular weight excluding hydrogens is 326 g/mol. The van der Waals surface area contributed by atoms with Gasteiger partial charge in [0.2, 0.25) is 5.91 Å². The van der Waals surface area contributed by atoms with E-state index in [1.165, 1.54) is 5.56 Å². The summed E-state index contributed by atoms with van der Waals surface area (Å²) in [7, 11) is 0. The number of anilines is 1. The standard InChI is InChI=1S/C18H20BrNO/c1-13-9-10-15(11-16(13)19)20-17(21)18(2,3)12-14-7-5-4-6-8-14/h4-11H,12H2,1-3H3,(H,20,21). The molecule has 0 aliphatic carbocycles. The SMILES string of the molecule is Cc1ccc(NC(=O)C(C)(C)Cc2ccccc2)cc1Br. The molecule has 0 radical (unpaired) electrons. The predicted octanol–water partition coefficient (Wildman–Crippen LogP) is 4.96. The van der Waals surface area contributed by atoms with Crippen molar-refractivity contribution in [3.63, 3.8) is 0 Å². The third kappa shape index (κ3) is 4.18. The Labute approximate surface area is 134 Å². The van der Waals surface area contributed by atoms with Crippen LogP contribution in [0.2, 0.25) is 0 Å². The van der Waals surface area contributed by atoms with Crippen LogP contribution in [0.25, 0.3) is 0 Å². The van der Waals surface area contributed by atoms with Gasteiger partial charge >= 0.3 is 0 Å². The van der Waals surface area contributed by atoms with E-state index in [1.54, 1.807) is 0 Å². The first-order chi connectivity index (χ1) is 9.88. The maximum absolute atomic E-state index is 12.5. The number of halogens is 1. The van der Waals surface area contributed by atoms with Gasteiger partial charge in [-0.2, -0.15) is 0 Å². The minimum Gasteiger partial charge on any atom is -0.326 e. The number of rotatable bonds is 4. The quantitative estimate of drug-likeness (QED) is 0.832. The number of carbonyl (C=O) groups is 1. The van der Waals surface area contributed by atoms with Crippen LogP contribution in [-0.4, -0.2) is 5.91 Å². The van der Waals surface area contributed by atoms with Gasteiger partial charge in [-0.05, 0) is 36.6 Å². The zero-order chi connectivity index (χ0) is 15.5. The van der Waals surface area contributed by atoms with E-state index >= 15 is 0 Å². The van der Waals surface area contributed by atoms with Crippen molar-refractivity contribution in [2.45, 2.75) is 27.2 Å². The lowest BCUT2D eigenvalue weighted by atomic mass is 9.84. The monoisotopic (exact) mass is 345 g/mol. The van der Waals surface area contributed by atoms with Gasteiger partial charge in [0.05, 0.1) is 0 Å². The highest BCUT2D eigenvalue weighted by Gasteiger charge is 2.28. The Kier molecular flexibility index (Phi) is 4.84. The van der Waals surface area contributed by atoms with E-state index in [0.717, 1.165) is 15.7 Å². The van der Waals surface area contributed by atoms with Gasteiger partial charge in [0.25, 0.3) is 0 Å². The maximum Gasteiger partial charge on any atom is 0.230 e. The highest BCUT2D eigenvalue weighted by atomic mass is 79.9. The van der Waals surface area contributed by atoms with Crippen LogP contribution in [-0.2, 0) is 11.2 Å². The summed E-state index contributed by atoms with van der Waals surface area (Å²) in [6.07, 6.45) is 0.715. The number of benzene rings is 2. The molecule has 0 aliphatic rings. The van der Waals surface area contributed by atoms with Crippen LogP contribution in [0.15, 0.2) is 53.0 Å². The van der Waals surface area contributed by atoms with Crippen molar-refractivity contribution in [1.82, 2.24) is 0 Å². The molecule has 3 heteroatoms. The van der Waals surface area contributed by atoms with Gasteiger partial charge in [-0.3, -0.25) is 4.79 Å². The molecule has 2 nitrogen and oxygen atoms in total. The van der Waals surface area contributed by atoms with E-state index in [0.29, 0.717) is 6.42 Å². The second kappa shape index (κ2) is 6.44. The number of amides is 1. The fourth-order valence-electron chi connectivity index (χ4n) is 2.16. The molecule has 0 fully saturated rings. The van der Waals surface area contributed by atoms with Crippen LogP contribution >= 0.6 is 15.9 Å². The molecule has 21 heavy (non-hydrogen) atoms. The zero-order valence-electron chi connectivity index (χ0n) is 12.6. The summed E-state index contributed by atoms with van der Waals surface area (Å²) in [5.74, 6) is 0.0297. The third-order valence-corrected chi connectivity index (χ3v) is 4.39. The normalized spacial score (nSPS) is 11.2. The molecule has 2 aromatic carbocycles. The van der Waals surface area contributed by atoms with E-state index in [1.807, 2.05) is 57.2 Å². The lowest BCUT2D eigenvalue weighted by molar-refractivity contribution is -0.123. The van der Waals surface area contributed by atoms with Crippen molar-refractivity contribution in [2.75, 3.05) is 5.32 Å². The Bertz CT molecular complexity index is 635. The Hall–Kier alpha value is -1.61. The minimum atomic E-state index is -0.460. The second-order valence-electron chi connectivity index (χ2n) is 5.96. The van der Waals surface area contributed by atoms with Crippen molar-refractivity contribution in [3.8, 4) is 0 Å². The Morgan fingerprint density at radius 3 is 2.43 bits per heavy atom. The van der Waals surface area contributed by atoms with Gasteiger partial charge in [0.15, 0.2) is 0 Å². The van der Waals surface area contributed by atoms with E-state index in [4.69, 9.17) is 0 Å². The van der Waals surface area contributed by atoms with Crippen LogP contribution < -0.4 is 5.32 Å².